The molecule has 0 radical (unpaired) electrons. The zero-order valence-electron chi connectivity index (χ0n) is 9.75. The molecule has 94 valence electrons. The average molecular weight is 317 g/mol. The molecule has 0 aliphatic heterocycles. The van der Waals surface area contributed by atoms with E-state index in [9.17, 15) is 4.79 Å². The maximum absolute atomic E-state index is 12.1. The van der Waals surface area contributed by atoms with Crippen LogP contribution in [0.25, 0.3) is 11.0 Å². The lowest BCUT2D eigenvalue weighted by Crippen LogP contribution is -2.23. The fourth-order valence-corrected chi connectivity index (χ4v) is 2.14. The molecule has 0 unspecified atom stereocenters. The molecule has 1 heterocycles. The second-order valence-electron chi connectivity index (χ2n) is 3.94. The van der Waals surface area contributed by atoms with Gasteiger partial charge in [0.05, 0.1) is 0 Å². The molecule has 1 aromatic heterocycles. The first kappa shape index (κ1) is 11.9. The molecule has 0 aliphatic carbocycles. The summed E-state index contributed by atoms with van der Waals surface area (Å²) < 4.78 is 0.851. The third-order valence-electron chi connectivity index (χ3n) is 2.65. The molecular formula is C13H9BrN4O. The van der Waals surface area contributed by atoms with Crippen LogP contribution in [0.2, 0.25) is 0 Å². The highest BCUT2D eigenvalue weighted by molar-refractivity contribution is 9.10. The van der Waals surface area contributed by atoms with Crippen LogP contribution < -0.4 is 5.43 Å². The summed E-state index contributed by atoms with van der Waals surface area (Å²) in [6.07, 6.45) is 0. The van der Waals surface area contributed by atoms with E-state index in [-0.39, 0.29) is 5.91 Å². The van der Waals surface area contributed by atoms with Crippen LogP contribution in [0.15, 0.2) is 53.0 Å². The van der Waals surface area contributed by atoms with E-state index in [0.717, 1.165) is 15.5 Å². The van der Waals surface area contributed by atoms with Crippen LogP contribution >= 0.6 is 15.9 Å². The Balaban J connectivity index is 1.91. The zero-order valence-corrected chi connectivity index (χ0v) is 11.3. The first-order valence-electron chi connectivity index (χ1n) is 5.61. The number of rotatable bonds is 2. The Hall–Kier alpha value is -2.21. The van der Waals surface area contributed by atoms with Crippen LogP contribution in [0, 0.1) is 0 Å². The van der Waals surface area contributed by atoms with Gasteiger partial charge < -0.3 is 0 Å². The lowest BCUT2D eigenvalue weighted by atomic mass is 10.2. The van der Waals surface area contributed by atoms with Crippen molar-refractivity contribution in [2.24, 2.45) is 0 Å². The van der Waals surface area contributed by atoms with Gasteiger partial charge in [0.25, 0.3) is 5.91 Å². The van der Waals surface area contributed by atoms with Gasteiger partial charge in [0.1, 0.15) is 11.0 Å². The van der Waals surface area contributed by atoms with Crippen LogP contribution in [-0.2, 0) is 0 Å². The van der Waals surface area contributed by atoms with Crippen molar-refractivity contribution in [3.05, 3.63) is 58.6 Å². The lowest BCUT2D eigenvalue weighted by Gasteiger charge is -2.05. The van der Waals surface area contributed by atoms with E-state index in [4.69, 9.17) is 0 Å². The second kappa shape index (κ2) is 4.81. The number of para-hydroxylation sites is 1. The Morgan fingerprint density at radius 3 is 2.84 bits per heavy atom. The molecule has 3 aromatic rings. The Bertz CT molecular complexity index is 753. The van der Waals surface area contributed by atoms with E-state index in [2.05, 4.69) is 31.7 Å². The van der Waals surface area contributed by atoms with Gasteiger partial charge in [0.2, 0.25) is 0 Å². The highest BCUT2D eigenvalue weighted by Crippen LogP contribution is 2.12. The van der Waals surface area contributed by atoms with Crippen molar-refractivity contribution in [3.8, 4) is 0 Å². The number of nitrogens with one attached hydrogen (secondary N) is 1. The van der Waals surface area contributed by atoms with Crippen molar-refractivity contribution in [1.82, 2.24) is 15.1 Å². The van der Waals surface area contributed by atoms with Crippen LogP contribution in [-0.4, -0.2) is 21.0 Å². The van der Waals surface area contributed by atoms with Gasteiger partial charge in [0, 0.05) is 10.0 Å². The number of carbonyl (C=O) groups excluding carboxylic acids is 1. The Kier molecular flexibility index (Phi) is 3.00. The summed E-state index contributed by atoms with van der Waals surface area (Å²) in [5, 5.41) is 7.88. The minimum atomic E-state index is -0.239. The normalized spacial score (nSPS) is 10.6. The monoisotopic (exact) mass is 316 g/mol. The molecular weight excluding hydrogens is 308 g/mol. The molecule has 3 rings (SSSR count). The number of hydrogen-bond donors (Lipinski definition) is 1. The Labute approximate surface area is 117 Å². The van der Waals surface area contributed by atoms with Crippen molar-refractivity contribution < 1.29 is 4.79 Å². The number of amides is 1. The highest BCUT2D eigenvalue weighted by Gasteiger charge is 2.09. The fraction of sp³-hybridized carbons (Fsp3) is 0. The van der Waals surface area contributed by atoms with Gasteiger partial charge in [-0.2, -0.15) is 4.79 Å². The Morgan fingerprint density at radius 1 is 1.16 bits per heavy atom. The summed E-state index contributed by atoms with van der Waals surface area (Å²) in [7, 11) is 0. The van der Waals surface area contributed by atoms with Gasteiger partial charge in [0.15, 0.2) is 0 Å². The number of nitrogens with zero attached hydrogens (tertiary/aromatic N) is 3. The highest BCUT2D eigenvalue weighted by atomic mass is 79.9. The SMILES string of the molecule is O=C(Nn1nnc2ccccc21)c1cccc(Br)c1. The van der Waals surface area contributed by atoms with E-state index in [1.54, 1.807) is 18.2 Å². The number of halogens is 1. The van der Waals surface area contributed by atoms with Gasteiger partial charge in [-0.1, -0.05) is 34.1 Å². The fourth-order valence-electron chi connectivity index (χ4n) is 1.74. The van der Waals surface area contributed by atoms with E-state index in [1.807, 2.05) is 30.3 Å². The summed E-state index contributed by atoms with van der Waals surface area (Å²) in [6, 6.07) is 14.6. The smallest absolute Gasteiger partial charge is 0.267 e. The summed E-state index contributed by atoms with van der Waals surface area (Å²) >= 11 is 3.33. The van der Waals surface area contributed by atoms with E-state index >= 15 is 0 Å². The van der Waals surface area contributed by atoms with Gasteiger partial charge >= 0.3 is 0 Å². The second-order valence-corrected chi connectivity index (χ2v) is 4.86. The summed E-state index contributed by atoms with van der Waals surface area (Å²) in [5.74, 6) is -0.239. The molecule has 5 nitrogen and oxygen atoms in total. The average Bonchev–Trinajstić information content (AvgIpc) is 2.82. The van der Waals surface area contributed by atoms with E-state index < -0.39 is 0 Å². The van der Waals surface area contributed by atoms with Gasteiger partial charge in [-0.25, -0.2) is 5.43 Å². The molecule has 0 aliphatic rings. The minimum absolute atomic E-state index is 0.239. The molecule has 2 aromatic carbocycles. The van der Waals surface area contributed by atoms with E-state index in [1.165, 1.54) is 4.79 Å². The van der Waals surface area contributed by atoms with Crippen LogP contribution in [0.5, 0.6) is 0 Å². The minimum Gasteiger partial charge on any atom is -0.267 e. The van der Waals surface area contributed by atoms with Crippen molar-refractivity contribution in [3.63, 3.8) is 0 Å². The van der Waals surface area contributed by atoms with Crippen LogP contribution in [0.4, 0.5) is 0 Å². The third kappa shape index (κ3) is 2.34. The Morgan fingerprint density at radius 2 is 2.00 bits per heavy atom. The third-order valence-corrected chi connectivity index (χ3v) is 3.14. The zero-order chi connectivity index (χ0) is 13.2. The summed E-state index contributed by atoms with van der Waals surface area (Å²) in [4.78, 5) is 13.5. The number of fused-ring (bicyclic) bond motifs is 1. The molecule has 1 amide bonds. The van der Waals surface area contributed by atoms with Gasteiger partial charge in [-0.15, -0.1) is 5.10 Å². The van der Waals surface area contributed by atoms with Crippen molar-refractivity contribution >= 4 is 32.9 Å². The standard InChI is InChI=1S/C13H9BrN4O/c14-10-5-3-4-9(8-10)13(19)16-18-12-7-2-1-6-11(12)15-17-18/h1-8H,(H,16,19). The number of carbonyl (C=O) groups is 1. The van der Waals surface area contributed by atoms with Gasteiger partial charge in [-0.3, -0.25) is 4.79 Å². The molecule has 0 atom stereocenters. The predicted molar refractivity (Wildman–Crippen MR) is 75.4 cm³/mol. The lowest BCUT2D eigenvalue weighted by molar-refractivity contribution is 0.101. The maximum Gasteiger partial charge on any atom is 0.271 e. The first-order valence-corrected chi connectivity index (χ1v) is 6.41. The predicted octanol–water partition coefficient (Wildman–Crippen LogP) is 2.58. The van der Waals surface area contributed by atoms with Crippen LogP contribution in [0.3, 0.4) is 0 Å². The molecule has 6 heteroatoms. The van der Waals surface area contributed by atoms with Crippen molar-refractivity contribution in [2.45, 2.75) is 0 Å². The number of aromatic nitrogens is 3. The number of benzene rings is 2. The quantitative estimate of drug-likeness (QED) is 0.790. The maximum atomic E-state index is 12.1. The molecule has 0 bridgehead atoms. The summed E-state index contributed by atoms with van der Waals surface area (Å²) in [6.45, 7) is 0. The van der Waals surface area contributed by atoms with Gasteiger partial charge in [-0.05, 0) is 35.5 Å². The molecule has 0 spiro atoms. The number of hydrogen-bond acceptors (Lipinski definition) is 3. The molecule has 0 fully saturated rings. The largest absolute Gasteiger partial charge is 0.271 e. The first-order chi connectivity index (χ1) is 9.24. The molecule has 19 heavy (non-hydrogen) atoms. The molecule has 0 saturated heterocycles. The van der Waals surface area contributed by atoms with Crippen molar-refractivity contribution in [1.29, 1.82) is 0 Å². The van der Waals surface area contributed by atoms with E-state index in [0.29, 0.717) is 5.56 Å². The topological polar surface area (TPSA) is 59.8 Å². The van der Waals surface area contributed by atoms with Crippen LogP contribution in [0.1, 0.15) is 10.4 Å². The summed E-state index contributed by atoms with van der Waals surface area (Å²) in [5.41, 5.74) is 4.73. The van der Waals surface area contributed by atoms with Crippen molar-refractivity contribution in [2.75, 3.05) is 5.43 Å². The molecule has 0 saturated carbocycles. The molecule has 1 N–H and O–H groups in total.